The van der Waals surface area contributed by atoms with E-state index in [9.17, 15) is 0 Å². The molecule has 12 aromatic carbocycles. The molecule has 1 heterocycles. The molecule has 0 N–H and O–H groups in total. The zero-order valence-corrected chi connectivity index (χ0v) is 38.3. The van der Waals surface area contributed by atoms with E-state index in [0.29, 0.717) is 0 Å². The summed E-state index contributed by atoms with van der Waals surface area (Å²) < 4.78 is 2.50. The molecule has 0 bridgehead atoms. The number of hydrogen-bond acceptors (Lipinski definition) is 0. The van der Waals surface area contributed by atoms with Gasteiger partial charge in [0.1, 0.15) is 0 Å². The second-order valence-corrected chi connectivity index (χ2v) is 19.1. The fourth-order valence-corrected chi connectivity index (χ4v) is 12.7. The van der Waals surface area contributed by atoms with Gasteiger partial charge in [0.15, 0.2) is 0 Å². The van der Waals surface area contributed by atoms with Crippen LogP contribution in [-0.2, 0) is 5.41 Å². The molecular formula is C69H43N. The molecule has 1 aromatic heterocycles. The zero-order valence-electron chi connectivity index (χ0n) is 38.3. The van der Waals surface area contributed by atoms with Gasteiger partial charge in [0.05, 0.1) is 16.4 Å². The molecule has 0 fully saturated rings. The standard InChI is InChI=1S/C69H43N/c1-3-18-44(19-4-1)46-22-17-23-47(40-46)48-35-39-66-60(41-48)55-26-13-16-33-65(55)70(66)50-36-38-54-53-37-34-49(42-63(53)69(64(54)43-50)61-31-14-11-24-51(61)52-25-12-15-32-62(52)69)68-58-29-9-7-27-56(58)67(45-20-5-2-6-21-45)57-28-8-10-30-59(57)68/h1-43H. The van der Waals surface area contributed by atoms with E-state index in [-0.39, 0.29) is 0 Å². The van der Waals surface area contributed by atoms with E-state index < -0.39 is 5.41 Å². The van der Waals surface area contributed by atoms with Crippen molar-refractivity contribution in [1.29, 1.82) is 0 Å². The monoisotopic (exact) mass is 885 g/mol. The van der Waals surface area contributed by atoms with E-state index in [1.54, 1.807) is 0 Å². The van der Waals surface area contributed by atoms with Gasteiger partial charge in [0.25, 0.3) is 0 Å². The van der Waals surface area contributed by atoms with Crippen molar-refractivity contribution in [2.45, 2.75) is 5.41 Å². The van der Waals surface area contributed by atoms with Gasteiger partial charge in [0, 0.05) is 16.5 Å². The highest BCUT2D eigenvalue weighted by Gasteiger charge is 2.52. The molecule has 0 amide bonds. The smallest absolute Gasteiger partial charge is 0.0726 e. The maximum atomic E-state index is 2.55. The van der Waals surface area contributed by atoms with E-state index in [4.69, 9.17) is 0 Å². The summed E-state index contributed by atoms with van der Waals surface area (Å²) >= 11 is 0. The summed E-state index contributed by atoms with van der Waals surface area (Å²) in [6.45, 7) is 0. The third-order valence-corrected chi connectivity index (χ3v) is 15.6. The molecule has 70 heavy (non-hydrogen) atoms. The summed E-state index contributed by atoms with van der Waals surface area (Å²) in [5, 5.41) is 7.55. The van der Waals surface area contributed by atoms with Gasteiger partial charge >= 0.3 is 0 Å². The Kier molecular flexibility index (Phi) is 8.35. The van der Waals surface area contributed by atoms with Crippen LogP contribution >= 0.6 is 0 Å². The van der Waals surface area contributed by atoms with Gasteiger partial charge in [-0.25, -0.2) is 0 Å². The second kappa shape index (κ2) is 15.0. The lowest BCUT2D eigenvalue weighted by Gasteiger charge is -2.31. The maximum absolute atomic E-state index is 2.55. The second-order valence-electron chi connectivity index (χ2n) is 19.1. The first kappa shape index (κ1) is 39.0. The number of rotatable bonds is 5. The largest absolute Gasteiger partial charge is 0.309 e. The van der Waals surface area contributed by atoms with Crippen molar-refractivity contribution < 1.29 is 0 Å². The normalized spacial score (nSPS) is 13.0. The average molecular weight is 886 g/mol. The minimum atomic E-state index is -0.546. The Labute approximate surface area is 406 Å². The van der Waals surface area contributed by atoms with Crippen LogP contribution in [0.5, 0.6) is 0 Å². The topological polar surface area (TPSA) is 4.93 Å². The fraction of sp³-hybridized carbons (Fsp3) is 0.0145. The molecule has 1 heteroatoms. The Morgan fingerprint density at radius 3 is 1.33 bits per heavy atom. The number of aromatic nitrogens is 1. The van der Waals surface area contributed by atoms with Crippen LogP contribution in [0.1, 0.15) is 22.3 Å². The lowest BCUT2D eigenvalue weighted by atomic mass is 9.70. The average Bonchev–Trinajstić information content (AvgIpc) is 4.04. The molecule has 13 aromatic rings. The predicted octanol–water partition coefficient (Wildman–Crippen LogP) is 18.1. The van der Waals surface area contributed by atoms with Crippen molar-refractivity contribution in [3.63, 3.8) is 0 Å². The lowest BCUT2D eigenvalue weighted by molar-refractivity contribution is 0.793. The van der Waals surface area contributed by atoms with Gasteiger partial charge < -0.3 is 4.57 Å². The third-order valence-electron chi connectivity index (χ3n) is 15.6. The summed E-state index contributed by atoms with van der Waals surface area (Å²) in [7, 11) is 0. The van der Waals surface area contributed by atoms with Crippen LogP contribution in [0.25, 0.3) is 116 Å². The first-order valence-corrected chi connectivity index (χ1v) is 24.4. The van der Waals surface area contributed by atoms with Crippen LogP contribution < -0.4 is 0 Å². The van der Waals surface area contributed by atoms with Gasteiger partial charge in [-0.3, -0.25) is 0 Å². The molecule has 0 unspecified atom stereocenters. The Bertz CT molecular complexity index is 4180. The van der Waals surface area contributed by atoms with Gasteiger partial charge in [-0.2, -0.15) is 0 Å². The van der Waals surface area contributed by atoms with E-state index >= 15 is 0 Å². The van der Waals surface area contributed by atoms with Gasteiger partial charge in [-0.1, -0.05) is 218 Å². The van der Waals surface area contributed by atoms with Crippen LogP contribution in [-0.4, -0.2) is 4.57 Å². The Hall–Kier alpha value is -9.04. The van der Waals surface area contributed by atoms with Gasteiger partial charge in [-0.15, -0.1) is 0 Å². The molecule has 324 valence electrons. The van der Waals surface area contributed by atoms with Crippen molar-refractivity contribution >= 4 is 43.4 Å². The van der Waals surface area contributed by atoms with Gasteiger partial charge in [0.2, 0.25) is 0 Å². The molecule has 1 nitrogen and oxygen atoms in total. The maximum Gasteiger partial charge on any atom is 0.0726 e. The first-order valence-electron chi connectivity index (χ1n) is 24.4. The molecule has 0 atom stereocenters. The van der Waals surface area contributed by atoms with Crippen molar-refractivity contribution in [3.8, 4) is 72.4 Å². The summed E-state index contributed by atoms with van der Waals surface area (Å²) in [6, 6.07) is 97.5. The molecular weight excluding hydrogens is 843 g/mol. The minimum Gasteiger partial charge on any atom is -0.309 e. The number of nitrogens with zero attached hydrogens (tertiary/aromatic N) is 1. The molecule has 0 aliphatic heterocycles. The minimum absolute atomic E-state index is 0.546. The van der Waals surface area contributed by atoms with Crippen LogP contribution in [0.4, 0.5) is 0 Å². The van der Waals surface area contributed by atoms with Crippen molar-refractivity contribution in [2.75, 3.05) is 0 Å². The number of fused-ring (bicyclic) bond motifs is 15. The predicted molar refractivity (Wildman–Crippen MR) is 294 cm³/mol. The number of benzene rings is 12. The summed E-state index contributed by atoms with van der Waals surface area (Å²) in [5.74, 6) is 0. The quantitative estimate of drug-likeness (QED) is 0.152. The summed E-state index contributed by atoms with van der Waals surface area (Å²) in [5.41, 5.74) is 23.4. The van der Waals surface area contributed by atoms with Crippen molar-refractivity contribution in [2.24, 2.45) is 0 Å². The highest BCUT2D eigenvalue weighted by molar-refractivity contribution is 6.21. The van der Waals surface area contributed by atoms with Gasteiger partial charge in [-0.05, 0) is 153 Å². The van der Waals surface area contributed by atoms with E-state index in [1.165, 1.54) is 132 Å². The molecule has 1 spiro atoms. The van der Waals surface area contributed by atoms with E-state index in [0.717, 1.165) is 5.69 Å². The Balaban J connectivity index is 0.963. The molecule has 2 aliphatic rings. The fourth-order valence-electron chi connectivity index (χ4n) is 12.7. The molecule has 0 saturated carbocycles. The Morgan fingerprint density at radius 2 is 0.671 bits per heavy atom. The number of hydrogen-bond donors (Lipinski definition) is 0. The lowest BCUT2D eigenvalue weighted by Crippen LogP contribution is -2.26. The van der Waals surface area contributed by atoms with Crippen molar-refractivity contribution in [1.82, 2.24) is 4.57 Å². The van der Waals surface area contributed by atoms with E-state index in [1.807, 2.05) is 0 Å². The summed E-state index contributed by atoms with van der Waals surface area (Å²) in [6.07, 6.45) is 0. The van der Waals surface area contributed by atoms with E-state index in [2.05, 4.69) is 265 Å². The molecule has 0 saturated heterocycles. The highest BCUT2D eigenvalue weighted by Crippen LogP contribution is 2.64. The molecule has 2 aliphatic carbocycles. The zero-order chi connectivity index (χ0) is 45.9. The van der Waals surface area contributed by atoms with Crippen LogP contribution in [0.15, 0.2) is 261 Å². The Morgan fingerprint density at radius 1 is 0.229 bits per heavy atom. The number of para-hydroxylation sites is 1. The summed E-state index contributed by atoms with van der Waals surface area (Å²) in [4.78, 5) is 0. The molecule has 15 rings (SSSR count). The first-order chi connectivity index (χ1) is 34.7. The van der Waals surface area contributed by atoms with Crippen LogP contribution in [0, 0.1) is 0 Å². The third kappa shape index (κ3) is 5.43. The van der Waals surface area contributed by atoms with Crippen LogP contribution in [0.3, 0.4) is 0 Å². The molecule has 0 radical (unpaired) electrons. The van der Waals surface area contributed by atoms with Crippen molar-refractivity contribution in [3.05, 3.63) is 283 Å². The van der Waals surface area contributed by atoms with Crippen LogP contribution in [0.2, 0.25) is 0 Å². The SMILES string of the molecule is c1ccc(-c2cccc(-c3ccc4c(c3)c3ccccc3n4-c3ccc4c(c3)C3(c5ccccc5-c5ccccc53)c3cc(-c5c6ccccc6c(-c6ccccc6)c6ccccc56)ccc3-4)c2)cc1. The highest BCUT2D eigenvalue weighted by atomic mass is 15.0.